The van der Waals surface area contributed by atoms with E-state index in [9.17, 15) is 9.90 Å². The van der Waals surface area contributed by atoms with E-state index in [2.05, 4.69) is 20.8 Å². The van der Waals surface area contributed by atoms with Crippen molar-refractivity contribution < 1.29 is 14.6 Å². The summed E-state index contributed by atoms with van der Waals surface area (Å²) in [6.45, 7) is 6.97. The van der Waals surface area contributed by atoms with Crippen molar-refractivity contribution in [1.29, 1.82) is 0 Å². The average molecular weight is 423 g/mol. The van der Waals surface area contributed by atoms with Gasteiger partial charge in [0, 0.05) is 5.75 Å². The highest BCUT2D eigenvalue weighted by atomic mass is 32.2. The molecule has 0 aliphatic rings. The first-order chi connectivity index (χ1) is 14.1. The molecule has 0 aliphatic heterocycles. The molecule has 0 aromatic heterocycles. The van der Waals surface area contributed by atoms with E-state index in [0.717, 1.165) is 61.2 Å². The van der Waals surface area contributed by atoms with Crippen molar-refractivity contribution in [2.24, 2.45) is 0 Å². The van der Waals surface area contributed by atoms with Crippen molar-refractivity contribution in [2.45, 2.75) is 97.8 Å². The number of aryl methyl sites for hydroxylation is 2. The molecular weight excluding hydrogens is 380 g/mol. The molecule has 0 bridgehead atoms. The lowest BCUT2D eigenvalue weighted by Crippen LogP contribution is -2.10. The highest BCUT2D eigenvalue weighted by Crippen LogP contribution is 2.28. The standard InChI is InChI=1S/C25H42O3S/c1-4-7-10-11-12-13-17-29-18-16-28-25(27)23-19-21(14-8-5-2)24(26)22(20-23)15-9-6-3/h19-20,26H,4-18H2,1-3H3. The van der Waals surface area contributed by atoms with E-state index in [1.54, 1.807) is 0 Å². The largest absolute Gasteiger partial charge is 0.507 e. The van der Waals surface area contributed by atoms with Crippen LogP contribution in [0.4, 0.5) is 0 Å². The lowest BCUT2D eigenvalue weighted by atomic mass is 9.97. The number of hydrogen-bond donors (Lipinski definition) is 1. The van der Waals surface area contributed by atoms with Crippen molar-refractivity contribution >= 4 is 17.7 Å². The third-order valence-corrected chi connectivity index (χ3v) is 6.24. The van der Waals surface area contributed by atoms with Gasteiger partial charge in [-0.3, -0.25) is 0 Å². The zero-order chi connectivity index (χ0) is 21.3. The maximum atomic E-state index is 12.5. The summed E-state index contributed by atoms with van der Waals surface area (Å²) >= 11 is 1.87. The minimum absolute atomic E-state index is 0.263. The zero-order valence-corrected chi connectivity index (χ0v) is 19.7. The first kappa shape index (κ1) is 25.9. The van der Waals surface area contributed by atoms with Gasteiger partial charge in [0.1, 0.15) is 12.4 Å². The number of ether oxygens (including phenoxy) is 1. The molecule has 0 aliphatic carbocycles. The second kappa shape index (κ2) is 16.6. The molecule has 4 heteroatoms. The van der Waals surface area contributed by atoms with Crippen LogP contribution in [-0.2, 0) is 17.6 Å². The number of benzene rings is 1. The summed E-state index contributed by atoms with van der Waals surface area (Å²) in [7, 11) is 0. The van der Waals surface area contributed by atoms with Gasteiger partial charge in [0.05, 0.1) is 5.56 Å². The van der Waals surface area contributed by atoms with Gasteiger partial charge in [0.2, 0.25) is 0 Å². The molecule has 0 unspecified atom stereocenters. The monoisotopic (exact) mass is 422 g/mol. The van der Waals surface area contributed by atoms with Crippen LogP contribution >= 0.6 is 11.8 Å². The average Bonchev–Trinajstić information content (AvgIpc) is 2.73. The molecule has 0 fully saturated rings. The number of unbranched alkanes of at least 4 members (excludes halogenated alkanes) is 7. The summed E-state index contributed by atoms with van der Waals surface area (Å²) in [6, 6.07) is 3.65. The summed E-state index contributed by atoms with van der Waals surface area (Å²) in [4.78, 5) is 12.5. The van der Waals surface area contributed by atoms with Crippen LogP contribution in [0.15, 0.2) is 12.1 Å². The molecule has 29 heavy (non-hydrogen) atoms. The molecule has 0 saturated carbocycles. The highest BCUT2D eigenvalue weighted by molar-refractivity contribution is 7.99. The predicted molar refractivity (Wildman–Crippen MR) is 126 cm³/mol. The van der Waals surface area contributed by atoms with Crippen LogP contribution in [0.5, 0.6) is 5.75 Å². The third kappa shape index (κ3) is 11.0. The number of hydrogen-bond acceptors (Lipinski definition) is 4. The normalized spacial score (nSPS) is 11.0. The number of carbonyl (C=O) groups is 1. The summed E-state index contributed by atoms with van der Waals surface area (Å²) in [5, 5.41) is 10.6. The highest BCUT2D eigenvalue weighted by Gasteiger charge is 2.15. The molecule has 1 aromatic carbocycles. The number of thioether (sulfide) groups is 1. The predicted octanol–water partition coefficient (Wildman–Crippen LogP) is 7.33. The van der Waals surface area contributed by atoms with Gasteiger partial charge in [-0.2, -0.15) is 11.8 Å². The number of esters is 1. The Morgan fingerprint density at radius 3 is 1.97 bits per heavy atom. The van der Waals surface area contributed by atoms with Gasteiger partial charge in [0.15, 0.2) is 0 Å². The molecule has 0 atom stereocenters. The van der Waals surface area contributed by atoms with E-state index in [1.807, 2.05) is 23.9 Å². The number of aromatic hydroxyl groups is 1. The van der Waals surface area contributed by atoms with Gasteiger partial charge >= 0.3 is 5.97 Å². The molecule has 1 N–H and O–H groups in total. The van der Waals surface area contributed by atoms with Crippen LogP contribution in [0.3, 0.4) is 0 Å². The lowest BCUT2D eigenvalue weighted by molar-refractivity contribution is 0.0530. The Bertz CT molecular complexity index is 542. The van der Waals surface area contributed by atoms with Crippen LogP contribution in [0, 0.1) is 0 Å². The lowest BCUT2D eigenvalue weighted by Gasteiger charge is -2.13. The van der Waals surface area contributed by atoms with E-state index in [0.29, 0.717) is 17.9 Å². The second-order valence-electron chi connectivity index (χ2n) is 7.87. The number of rotatable bonds is 17. The summed E-state index contributed by atoms with van der Waals surface area (Å²) in [5.74, 6) is 2.11. The maximum Gasteiger partial charge on any atom is 0.338 e. The van der Waals surface area contributed by atoms with Crippen LogP contribution < -0.4 is 0 Å². The molecule has 0 spiro atoms. The van der Waals surface area contributed by atoms with Crippen molar-refractivity contribution in [2.75, 3.05) is 18.1 Å². The Morgan fingerprint density at radius 1 is 0.828 bits per heavy atom. The molecule has 0 heterocycles. The van der Waals surface area contributed by atoms with E-state index in [1.165, 1.54) is 38.5 Å². The van der Waals surface area contributed by atoms with E-state index in [-0.39, 0.29) is 5.97 Å². The summed E-state index contributed by atoms with van der Waals surface area (Å²) in [6.07, 6.45) is 13.6. The molecule has 0 saturated heterocycles. The summed E-state index contributed by atoms with van der Waals surface area (Å²) in [5.41, 5.74) is 2.34. The SMILES string of the molecule is CCCCCCCCSCCOC(=O)c1cc(CCCC)c(O)c(CCCC)c1. The van der Waals surface area contributed by atoms with Gasteiger partial charge in [0.25, 0.3) is 0 Å². The fourth-order valence-electron chi connectivity index (χ4n) is 3.36. The van der Waals surface area contributed by atoms with Gasteiger partial charge in [-0.25, -0.2) is 4.79 Å². The van der Waals surface area contributed by atoms with E-state index in [4.69, 9.17) is 4.74 Å². The quantitative estimate of drug-likeness (QED) is 0.211. The Morgan fingerprint density at radius 2 is 1.38 bits per heavy atom. The molecule has 1 aromatic rings. The van der Waals surface area contributed by atoms with Crippen LogP contribution in [0.1, 0.15) is 106 Å². The van der Waals surface area contributed by atoms with Crippen LogP contribution in [-0.4, -0.2) is 29.2 Å². The van der Waals surface area contributed by atoms with Gasteiger partial charge < -0.3 is 9.84 Å². The van der Waals surface area contributed by atoms with Crippen molar-refractivity contribution in [3.63, 3.8) is 0 Å². The van der Waals surface area contributed by atoms with Crippen LogP contribution in [0.2, 0.25) is 0 Å². The molecule has 166 valence electrons. The maximum absolute atomic E-state index is 12.5. The fraction of sp³-hybridized carbons (Fsp3) is 0.720. The molecule has 1 rings (SSSR count). The smallest absolute Gasteiger partial charge is 0.338 e. The van der Waals surface area contributed by atoms with Crippen molar-refractivity contribution in [3.8, 4) is 5.75 Å². The summed E-state index contributed by atoms with van der Waals surface area (Å²) < 4.78 is 5.51. The van der Waals surface area contributed by atoms with Crippen LogP contribution in [0.25, 0.3) is 0 Å². The molecule has 0 radical (unpaired) electrons. The van der Waals surface area contributed by atoms with Crippen molar-refractivity contribution in [3.05, 3.63) is 28.8 Å². The number of phenols is 1. The van der Waals surface area contributed by atoms with Gasteiger partial charge in [-0.05, 0) is 61.1 Å². The molecular formula is C25H42O3S. The van der Waals surface area contributed by atoms with Crippen molar-refractivity contribution in [1.82, 2.24) is 0 Å². The van der Waals surface area contributed by atoms with Gasteiger partial charge in [-0.15, -0.1) is 0 Å². The van der Waals surface area contributed by atoms with E-state index >= 15 is 0 Å². The Hall–Kier alpha value is -1.16. The molecule has 3 nitrogen and oxygen atoms in total. The Kier molecular flexibility index (Phi) is 14.8. The van der Waals surface area contributed by atoms with Gasteiger partial charge in [-0.1, -0.05) is 65.7 Å². The first-order valence-corrected chi connectivity index (χ1v) is 12.9. The first-order valence-electron chi connectivity index (χ1n) is 11.7. The molecule has 0 amide bonds. The minimum atomic E-state index is -0.263. The number of phenolic OH excluding ortho intramolecular Hbond substituents is 1. The topological polar surface area (TPSA) is 46.5 Å². The number of carbonyl (C=O) groups excluding carboxylic acids is 1. The fourth-order valence-corrected chi connectivity index (χ4v) is 4.17. The Labute approximate surface area is 183 Å². The third-order valence-electron chi connectivity index (χ3n) is 5.21. The minimum Gasteiger partial charge on any atom is -0.507 e. The van der Waals surface area contributed by atoms with E-state index < -0.39 is 0 Å². The zero-order valence-electron chi connectivity index (χ0n) is 18.9. The second-order valence-corrected chi connectivity index (χ2v) is 9.09. The Balaban J connectivity index is 2.45.